The fraction of sp³-hybridized carbons (Fsp3) is 0.692. The van der Waals surface area contributed by atoms with E-state index < -0.39 is 0 Å². The molecule has 3 rings (SSSR count). The van der Waals surface area contributed by atoms with Gasteiger partial charge >= 0.3 is 0 Å². The van der Waals surface area contributed by atoms with E-state index in [1.165, 1.54) is 25.7 Å². The summed E-state index contributed by atoms with van der Waals surface area (Å²) in [5, 5.41) is 7.72. The zero-order chi connectivity index (χ0) is 12.5. The summed E-state index contributed by atoms with van der Waals surface area (Å²) < 4.78 is 1.54. The topological polar surface area (TPSA) is 46.9 Å². The Morgan fingerprint density at radius 1 is 1.33 bits per heavy atom. The maximum atomic E-state index is 12.2. The van der Waals surface area contributed by atoms with Crippen LogP contribution in [0.4, 0.5) is 5.69 Å². The van der Waals surface area contributed by atoms with Gasteiger partial charge in [0.1, 0.15) is 5.69 Å². The van der Waals surface area contributed by atoms with Gasteiger partial charge in [-0.25, -0.2) is 4.68 Å². The van der Waals surface area contributed by atoms with Crippen LogP contribution >= 0.6 is 11.6 Å². The van der Waals surface area contributed by atoms with E-state index in [1.807, 2.05) is 0 Å². The molecule has 0 radical (unpaired) electrons. The van der Waals surface area contributed by atoms with Crippen molar-refractivity contribution in [3.63, 3.8) is 0 Å². The van der Waals surface area contributed by atoms with Crippen molar-refractivity contribution in [2.75, 3.05) is 11.9 Å². The Morgan fingerprint density at radius 3 is 2.72 bits per heavy atom. The first-order chi connectivity index (χ1) is 8.74. The van der Waals surface area contributed by atoms with Crippen LogP contribution in [0.5, 0.6) is 0 Å². The molecule has 0 aromatic carbocycles. The van der Waals surface area contributed by atoms with Crippen LogP contribution in [0, 0.1) is 11.8 Å². The molecule has 5 heteroatoms. The number of rotatable bonds is 6. The molecule has 0 unspecified atom stereocenters. The molecule has 0 saturated heterocycles. The molecule has 1 N–H and O–H groups in total. The molecular weight excluding hydrogens is 250 g/mol. The molecule has 0 spiro atoms. The molecule has 1 heterocycles. The highest BCUT2D eigenvalue weighted by molar-refractivity contribution is 6.32. The van der Waals surface area contributed by atoms with Crippen LogP contribution in [0.1, 0.15) is 32.1 Å². The molecular formula is C13H18ClN3O. The minimum absolute atomic E-state index is 0.0785. The lowest BCUT2D eigenvalue weighted by Gasteiger charge is -2.10. The lowest BCUT2D eigenvalue weighted by molar-refractivity contribution is 0.534. The third kappa shape index (κ3) is 2.86. The summed E-state index contributed by atoms with van der Waals surface area (Å²) in [6.07, 6.45) is 7.78. The van der Waals surface area contributed by atoms with Gasteiger partial charge in [-0.2, -0.15) is 5.10 Å². The smallest absolute Gasteiger partial charge is 0.291 e. The van der Waals surface area contributed by atoms with Gasteiger partial charge in [0.05, 0.1) is 11.2 Å². The minimum atomic E-state index is -0.0785. The lowest BCUT2D eigenvalue weighted by atomic mass is 10.3. The summed E-state index contributed by atoms with van der Waals surface area (Å²) in [5.74, 6) is 1.49. The Kier molecular flexibility index (Phi) is 3.29. The second kappa shape index (κ2) is 4.92. The predicted octanol–water partition coefficient (Wildman–Crippen LogP) is 2.52. The normalized spacial score (nSPS) is 18.9. The number of hydrogen-bond donors (Lipinski definition) is 1. The first-order valence-corrected chi connectivity index (χ1v) is 7.11. The number of nitrogens with one attached hydrogen (secondary N) is 1. The number of nitrogens with zero attached hydrogens (tertiary/aromatic N) is 2. The van der Waals surface area contributed by atoms with Crippen molar-refractivity contribution < 1.29 is 0 Å². The number of aromatic nitrogens is 2. The Labute approximate surface area is 111 Å². The third-order valence-electron chi connectivity index (χ3n) is 3.68. The first-order valence-electron chi connectivity index (χ1n) is 6.73. The van der Waals surface area contributed by atoms with Crippen LogP contribution in [0.2, 0.25) is 5.02 Å². The third-order valence-corrected chi connectivity index (χ3v) is 3.96. The van der Waals surface area contributed by atoms with Gasteiger partial charge in [0.2, 0.25) is 0 Å². The van der Waals surface area contributed by atoms with E-state index in [0.717, 1.165) is 25.4 Å². The van der Waals surface area contributed by atoms with Crippen molar-refractivity contribution in [3.8, 4) is 0 Å². The molecule has 18 heavy (non-hydrogen) atoms. The largest absolute Gasteiger partial charge is 0.379 e. The Hall–Kier alpha value is -1.03. The maximum absolute atomic E-state index is 12.2. The van der Waals surface area contributed by atoms with E-state index in [1.54, 1.807) is 10.9 Å². The quantitative estimate of drug-likeness (QED) is 0.862. The molecule has 4 nitrogen and oxygen atoms in total. The molecule has 0 aliphatic heterocycles. The average Bonchev–Trinajstić information content (AvgIpc) is 3.21. The van der Waals surface area contributed by atoms with Crippen LogP contribution in [-0.2, 0) is 6.54 Å². The van der Waals surface area contributed by atoms with Gasteiger partial charge in [0, 0.05) is 13.1 Å². The van der Waals surface area contributed by atoms with E-state index in [2.05, 4.69) is 10.4 Å². The highest BCUT2D eigenvalue weighted by Gasteiger charge is 2.24. The van der Waals surface area contributed by atoms with E-state index in [9.17, 15) is 4.79 Å². The summed E-state index contributed by atoms with van der Waals surface area (Å²) >= 11 is 6.05. The van der Waals surface area contributed by atoms with Gasteiger partial charge in [-0.3, -0.25) is 4.79 Å². The van der Waals surface area contributed by atoms with Crippen LogP contribution < -0.4 is 10.9 Å². The standard InChI is InChI=1S/C13H18ClN3O/c14-11-7-16-17(8-10-3-4-10)13(18)12(11)15-6-5-9-1-2-9/h7,9-10,15H,1-6,8H2. The molecule has 2 fully saturated rings. The maximum Gasteiger partial charge on any atom is 0.291 e. The first kappa shape index (κ1) is 12.0. The number of halogens is 1. The van der Waals surface area contributed by atoms with Gasteiger partial charge in [-0.1, -0.05) is 24.4 Å². The van der Waals surface area contributed by atoms with Crippen LogP contribution in [0.3, 0.4) is 0 Å². The van der Waals surface area contributed by atoms with Crippen LogP contribution in [0.25, 0.3) is 0 Å². The highest BCUT2D eigenvalue weighted by Crippen LogP contribution is 2.32. The van der Waals surface area contributed by atoms with Crippen molar-refractivity contribution in [1.29, 1.82) is 0 Å². The fourth-order valence-electron chi connectivity index (χ4n) is 2.11. The number of anilines is 1. The van der Waals surface area contributed by atoms with Crippen LogP contribution in [0.15, 0.2) is 11.0 Å². The summed E-state index contributed by atoms with van der Waals surface area (Å²) in [6, 6.07) is 0. The van der Waals surface area contributed by atoms with Crippen molar-refractivity contribution in [1.82, 2.24) is 9.78 Å². The van der Waals surface area contributed by atoms with Gasteiger partial charge < -0.3 is 5.32 Å². The molecule has 0 bridgehead atoms. The molecule has 1 aromatic rings. The molecule has 2 saturated carbocycles. The second-order valence-electron chi connectivity index (χ2n) is 5.46. The van der Waals surface area contributed by atoms with E-state index >= 15 is 0 Å². The zero-order valence-corrected chi connectivity index (χ0v) is 11.1. The summed E-state index contributed by atoms with van der Waals surface area (Å²) in [5.41, 5.74) is 0.443. The predicted molar refractivity (Wildman–Crippen MR) is 72.1 cm³/mol. The highest BCUT2D eigenvalue weighted by atomic mass is 35.5. The molecule has 1 aromatic heterocycles. The van der Waals surface area contributed by atoms with E-state index in [0.29, 0.717) is 16.6 Å². The van der Waals surface area contributed by atoms with Crippen molar-refractivity contribution in [2.24, 2.45) is 11.8 Å². The van der Waals surface area contributed by atoms with Gasteiger partial charge in [-0.15, -0.1) is 0 Å². The molecule has 98 valence electrons. The van der Waals surface area contributed by atoms with Crippen molar-refractivity contribution in [2.45, 2.75) is 38.6 Å². The molecule has 0 amide bonds. The Balaban J connectivity index is 1.70. The SMILES string of the molecule is O=c1c(NCCC2CC2)c(Cl)cnn1CC1CC1. The molecule has 2 aliphatic carbocycles. The fourth-order valence-corrected chi connectivity index (χ4v) is 2.30. The van der Waals surface area contributed by atoms with Crippen molar-refractivity contribution in [3.05, 3.63) is 21.6 Å². The summed E-state index contributed by atoms with van der Waals surface area (Å²) in [6.45, 7) is 1.56. The van der Waals surface area contributed by atoms with E-state index in [4.69, 9.17) is 11.6 Å². The molecule has 0 atom stereocenters. The monoisotopic (exact) mass is 267 g/mol. The average molecular weight is 268 g/mol. The van der Waals surface area contributed by atoms with Gasteiger partial charge in [0.15, 0.2) is 0 Å². The van der Waals surface area contributed by atoms with Gasteiger partial charge in [0.25, 0.3) is 5.56 Å². The minimum Gasteiger partial charge on any atom is -0.379 e. The second-order valence-corrected chi connectivity index (χ2v) is 5.86. The summed E-state index contributed by atoms with van der Waals surface area (Å²) in [7, 11) is 0. The molecule has 2 aliphatic rings. The zero-order valence-electron chi connectivity index (χ0n) is 10.4. The number of hydrogen-bond acceptors (Lipinski definition) is 3. The van der Waals surface area contributed by atoms with E-state index in [-0.39, 0.29) is 5.56 Å². The van der Waals surface area contributed by atoms with Crippen molar-refractivity contribution >= 4 is 17.3 Å². The summed E-state index contributed by atoms with van der Waals surface area (Å²) in [4.78, 5) is 12.2. The van der Waals surface area contributed by atoms with Crippen LogP contribution in [-0.4, -0.2) is 16.3 Å². The Morgan fingerprint density at radius 2 is 2.06 bits per heavy atom. The Bertz CT molecular complexity index is 491. The van der Waals surface area contributed by atoms with Gasteiger partial charge in [-0.05, 0) is 31.1 Å². The lowest BCUT2D eigenvalue weighted by Crippen LogP contribution is -2.27.